The van der Waals surface area contributed by atoms with Crippen LogP contribution < -0.4 is 0 Å². The number of fused-ring (bicyclic) bond motifs is 1. The Morgan fingerprint density at radius 1 is 1.16 bits per heavy atom. The molecule has 0 aliphatic rings. The molecule has 19 heavy (non-hydrogen) atoms. The molecule has 1 aromatic heterocycles. The van der Waals surface area contributed by atoms with E-state index in [2.05, 4.69) is 33.9 Å². The van der Waals surface area contributed by atoms with Crippen molar-refractivity contribution in [1.29, 1.82) is 0 Å². The van der Waals surface area contributed by atoms with Gasteiger partial charge in [-0.15, -0.1) is 0 Å². The molecule has 0 N–H and O–H groups in total. The Labute approximate surface area is 119 Å². The fraction of sp³-hybridized carbons (Fsp3) is 0.133. The van der Waals surface area contributed by atoms with E-state index in [1.54, 1.807) is 12.1 Å². The second-order valence-corrected chi connectivity index (χ2v) is 5.47. The fourth-order valence-electron chi connectivity index (χ4n) is 2.23. The van der Waals surface area contributed by atoms with Gasteiger partial charge in [0, 0.05) is 17.1 Å². The quantitative estimate of drug-likeness (QED) is 0.648. The van der Waals surface area contributed by atoms with Gasteiger partial charge in [-0.3, -0.25) is 0 Å². The Kier molecular flexibility index (Phi) is 2.90. The lowest BCUT2D eigenvalue weighted by Crippen LogP contribution is -1.92. The van der Waals surface area contributed by atoms with Crippen molar-refractivity contribution in [2.24, 2.45) is 7.05 Å². The smallest absolute Gasteiger partial charge is 0.140 e. The van der Waals surface area contributed by atoms with Gasteiger partial charge in [-0.1, -0.05) is 0 Å². The lowest BCUT2D eigenvalue weighted by atomic mass is 10.2. The minimum absolute atomic E-state index is 0.237. The molecule has 0 bridgehead atoms. The topological polar surface area (TPSA) is 17.8 Å². The number of halogens is 2. The predicted octanol–water partition coefficient (Wildman–Crippen LogP) is 4.45. The van der Waals surface area contributed by atoms with E-state index in [1.807, 2.05) is 17.7 Å². The van der Waals surface area contributed by atoms with Crippen molar-refractivity contribution >= 4 is 27.0 Å². The standard InChI is InChI=1S/C15H12BrFN2/c1-9-7-12(16)14-13(8-9)19(2)15(18-14)10-3-5-11(17)6-4-10/h3-8H,1-2H3. The van der Waals surface area contributed by atoms with Gasteiger partial charge in [0.25, 0.3) is 0 Å². The van der Waals surface area contributed by atoms with E-state index in [9.17, 15) is 4.39 Å². The van der Waals surface area contributed by atoms with Crippen LogP contribution in [-0.2, 0) is 7.05 Å². The maximum atomic E-state index is 13.0. The normalized spacial score (nSPS) is 11.2. The van der Waals surface area contributed by atoms with Crippen LogP contribution in [0.15, 0.2) is 40.9 Å². The number of hydrogen-bond donors (Lipinski definition) is 0. The zero-order valence-corrected chi connectivity index (χ0v) is 12.2. The predicted molar refractivity (Wildman–Crippen MR) is 78.5 cm³/mol. The third-order valence-corrected chi connectivity index (χ3v) is 3.79. The summed E-state index contributed by atoms with van der Waals surface area (Å²) < 4.78 is 16.0. The first-order valence-electron chi connectivity index (χ1n) is 5.95. The van der Waals surface area contributed by atoms with E-state index in [1.165, 1.54) is 17.7 Å². The Hall–Kier alpha value is -1.68. The molecule has 0 saturated carbocycles. The van der Waals surface area contributed by atoms with E-state index in [0.29, 0.717) is 0 Å². The van der Waals surface area contributed by atoms with Crippen molar-refractivity contribution in [3.05, 3.63) is 52.3 Å². The fourth-order valence-corrected chi connectivity index (χ4v) is 2.89. The summed E-state index contributed by atoms with van der Waals surface area (Å²) in [6.07, 6.45) is 0. The molecular weight excluding hydrogens is 307 g/mol. The van der Waals surface area contributed by atoms with Gasteiger partial charge in [0.2, 0.25) is 0 Å². The van der Waals surface area contributed by atoms with Crippen molar-refractivity contribution in [2.45, 2.75) is 6.92 Å². The Morgan fingerprint density at radius 2 is 1.84 bits per heavy atom. The molecule has 0 atom stereocenters. The molecule has 0 fully saturated rings. The average molecular weight is 319 g/mol. The third kappa shape index (κ3) is 2.06. The molecule has 1 heterocycles. The lowest BCUT2D eigenvalue weighted by molar-refractivity contribution is 0.628. The molecule has 96 valence electrons. The van der Waals surface area contributed by atoms with Crippen molar-refractivity contribution in [2.75, 3.05) is 0 Å². The highest BCUT2D eigenvalue weighted by Gasteiger charge is 2.12. The van der Waals surface area contributed by atoms with Crippen LogP contribution in [0.3, 0.4) is 0 Å². The Balaban J connectivity index is 2.28. The highest BCUT2D eigenvalue weighted by Crippen LogP contribution is 2.29. The average Bonchev–Trinajstić information content (AvgIpc) is 2.69. The number of nitrogens with zero attached hydrogens (tertiary/aromatic N) is 2. The molecule has 4 heteroatoms. The summed E-state index contributed by atoms with van der Waals surface area (Å²) in [6.45, 7) is 2.05. The first-order valence-corrected chi connectivity index (χ1v) is 6.74. The molecule has 0 amide bonds. The maximum Gasteiger partial charge on any atom is 0.140 e. The second kappa shape index (κ2) is 4.46. The van der Waals surface area contributed by atoms with Gasteiger partial charge in [-0.2, -0.15) is 0 Å². The van der Waals surface area contributed by atoms with E-state index in [-0.39, 0.29) is 5.82 Å². The van der Waals surface area contributed by atoms with Gasteiger partial charge in [0.1, 0.15) is 17.2 Å². The molecule has 3 aromatic rings. The van der Waals surface area contributed by atoms with Crippen LogP contribution in [0.1, 0.15) is 5.56 Å². The van der Waals surface area contributed by atoms with Crippen LogP contribution >= 0.6 is 15.9 Å². The van der Waals surface area contributed by atoms with Gasteiger partial charge < -0.3 is 4.57 Å². The third-order valence-electron chi connectivity index (χ3n) is 3.19. The Morgan fingerprint density at radius 3 is 2.53 bits per heavy atom. The van der Waals surface area contributed by atoms with Crippen LogP contribution in [0.4, 0.5) is 4.39 Å². The van der Waals surface area contributed by atoms with Gasteiger partial charge in [0.15, 0.2) is 0 Å². The Bertz CT molecular complexity index is 760. The first kappa shape index (κ1) is 12.4. The molecule has 0 aliphatic carbocycles. The second-order valence-electron chi connectivity index (χ2n) is 4.62. The number of imidazole rings is 1. The molecule has 0 aliphatic heterocycles. The molecule has 2 nitrogen and oxygen atoms in total. The van der Waals surface area contributed by atoms with E-state index < -0.39 is 0 Å². The monoisotopic (exact) mass is 318 g/mol. The number of benzene rings is 2. The highest BCUT2D eigenvalue weighted by molar-refractivity contribution is 9.10. The highest BCUT2D eigenvalue weighted by atomic mass is 79.9. The molecule has 0 saturated heterocycles. The number of aryl methyl sites for hydroxylation is 2. The molecule has 3 rings (SSSR count). The van der Waals surface area contributed by atoms with E-state index in [0.717, 1.165) is 26.9 Å². The zero-order valence-electron chi connectivity index (χ0n) is 10.6. The molecule has 0 unspecified atom stereocenters. The molecule has 0 radical (unpaired) electrons. The summed E-state index contributed by atoms with van der Waals surface area (Å²) in [5.41, 5.74) is 4.07. The van der Waals surface area contributed by atoms with Gasteiger partial charge in [-0.25, -0.2) is 9.37 Å². The summed E-state index contributed by atoms with van der Waals surface area (Å²) in [6, 6.07) is 10.5. The largest absolute Gasteiger partial charge is 0.327 e. The lowest BCUT2D eigenvalue weighted by Gasteiger charge is -2.02. The SMILES string of the molecule is Cc1cc(Br)c2nc(-c3ccc(F)cc3)n(C)c2c1. The number of hydrogen-bond acceptors (Lipinski definition) is 1. The van der Waals surface area contributed by atoms with Crippen LogP contribution in [0, 0.1) is 12.7 Å². The summed E-state index contributed by atoms with van der Waals surface area (Å²) in [5, 5.41) is 0. The van der Waals surface area contributed by atoms with Crippen molar-refractivity contribution in [3.8, 4) is 11.4 Å². The van der Waals surface area contributed by atoms with Crippen molar-refractivity contribution in [3.63, 3.8) is 0 Å². The van der Waals surface area contributed by atoms with Gasteiger partial charge >= 0.3 is 0 Å². The zero-order chi connectivity index (χ0) is 13.6. The molecular formula is C15H12BrFN2. The van der Waals surface area contributed by atoms with Crippen LogP contribution in [0.2, 0.25) is 0 Å². The minimum atomic E-state index is -0.237. The minimum Gasteiger partial charge on any atom is -0.327 e. The van der Waals surface area contributed by atoms with Crippen molar-refractivity contribution < 1.29 is 4.39 Å². The number of rotatable bonds is 1. The van der Waals surface area contributed by atoms with Crippen molar-refractivity contribution in [1.82, 2.24) is 9.55 Å². The van der Waals surface area contributed by atoms with E-state index >= 15 is 0 Å². The van der Waals surface area contributed by atoms with Gasteiger partial charge in [0.05, 0.1) is 5.52 Å². The first-order chi connectivity index (χ1) is 9.06. The summed E-state index contributed by atoms with van der Waals surface area (Å²) in [7, 11) is 1.97. The molecule has 2 aromatic carbocycles. The number of aromatic nitrogens is 2. The summed E-state index contributed by atoms with van der Waals surface area (Å²) >= 11 is 3.54. The van der Waals surface area contributed by atoms with Crippen LogP contribution in [0.5, 0.6) is 0 Å². The van der Waals surface area contributed by atoms with Crippen LogP contribution in [0.25, 0.3) is 22.4 Å². The molecule has 0 spiro atoms. The summed E-state index contributed by atoms with van der Waals surface area (Å²) in [5.74, 6) is 0.598. The van der Waals surface area contributed by atoms with E-state index in [4.69, 9.17) is 0 Å². The van der Waals surface area contributed by atoms with Crippen LogP contribution in [-0.4, -0.2) is 9.55 Å². The maximum absolute atomic E-state index is 13.0. The summed E-state index contributed by atoms with van der Waals surface area (Å²) in [4.78, 5) is 4.65. The van der Waals surface area contributed by atoms with Gasteiger partial charge in [-0.05, 0) is 64.8 Å².